The van der Waals surface area contributed by atoms with Gasteiger partial charge in [-0.05, 0) is 34.5 Å². The number of halogens is 1. The molecule has 0 aliphatic heterocycles. The molecule has 0 saturated heterocycles. The third-order valence-corrected chi connectivity index (χ3v) is 3.75. The zero-order chi connectivity index (χ0) is 13.1. The van der Waals surface area contributed by atoms with E-state index in [4.69, 9.17) is 4.42 Å². The number of nitro groups is 1. The van der Waals surface area contributed by atoms with Gasteiger partial charge < -0.3 is 4.42 Å². The molecular formula is C11H9BrN2O3S. The van der Waals surface area contributed by atoms with Crippen LogP contribution in [0.2, 0.25) is 0 Å². The molecule has 1 heterocycles. The van der Waals surface area contributed by atoms with Crippen LogP contribution in [0.3, 0.4) is 0 Å². The molecule has 0 spiro atoms. The number of rotatable bonds is 4. The van der Waals surface area contributed by atoms with E-state index in [0.717, 1.165) is 11.3 Å². The summed E-state index contributed by atoms with van der Waals surface area (Å²) in [6.07, 6.45) is 1.58. The third kappa shape index (κ3) is 3.11. The van der Waals surface area contributed by atoms with Gasteiger partial charge in [0.05, 0.1) is 15.1 Å². The first-order valence-electron chi connectivity index (χ1n) is 5.04. The van der Waals surface area contributed by atoms with E-state index >= 15 is 0 Å². The minimum atomic E-state index is -0.409. The Morgan fingerprint density at radius 1 is 1.56 bits per heavy atom. The highest BCUT2D eigenvalue weighted by atomic mass is 79.9. The van der Waals surface area contributed by atoms with E-state index in [2.05, 4.69) is 20.9 Å². The van der Waals surface area contributed by atoms with Crippen LogP contribution in [0.15, 0.2) is 38.6 Å². The number of aryl methyl sites for hydroxylation is 1. The first-order chi connectivity index (χ1) is 8.56. The number of benzene rings is 1. The van der Waals surface area contributed by atoms with Crippen molar-refractivity contribution in [2.75, 3.05) is 0 Å². The Morgan fingerprint density at radius 3 is 2.94 bits per heavy atom. The van der Waals surface area contributed by atoms with Crippen molar-refractivity contribution in [2.45, 2.75) is 17.9 Å². The zero-order valence-electron chi connectivity index (χ0n) is 9.42. The van der Waals surface area contributed by atoms with Gasteiger partial charge in [-0.3, -0.25) is 10.1 Å². The Kier molecular flexibility index (Phi) is 4.03. The molecule has 0 radical (unpaired) electrons. The smallest absolute Gasteiger partial charge is 0.283 e. The molecule has 5 nitrogen and oxygen atoms in total. The van der Waals surface area contributed by atoms with Crippen LogP contribution in [0.4, 0.5) is 5.69 Å². The predicted molar refractivity (Wildman–Crippen MR) is 71.6 cm³/mol. The summed E-state index contributed by atoms with van der Waals surface area (Å²) >= 11 is 4.56. The summed E-state index contributed by atoms with van der Waals surface area (Å²) in [5.74, 6) is 0.577. The summed E-state index contributed by atoms with van der Waals surface area (Å²) < 4.78 is 5.68. The molecule has 0 unspecified atom stereocenters. The Balaban J connectivity index is 2.10. The summed E-state index contributed by atoms with van der Waals surface area (Å²) in [5, 5.41) is 11.4. The number of nitro benzene ring substituents is 1. The van der Waals surface area contributed by atoms with Crippen molar-refractivity contribution in [2.24, 2.45) is 0 Å². The van der Waals surface area contributed by atoms with Gasteiger partial charge in [-0.1, -0.05) is 17.8 Å². The highest BCUT2D eigenvalue weighted by Gasteiger charge is 2.12. The summed E-state index contributed by atoms with van der Waals surface area (Å²) in [6.45, 7) is 1.85. The van der Waals surface area contributed by atoms with E-state index < -0.39 is 4.92 Å². The van der Waals surface area contributed by atoms with Gasteiger partial charge in [-0.15, -0.1) is 0 Å². The first-order valence-corrected chi connectivity index (χ1v) is 6.82. The van der Waals surface area contributed by atoms with Crippen molar-refractivity contribution >= 4 is 33.4 Å². The van der Waals surface area contributed by atoms with Crippen LogP contribution in [-0.2, 0) is 5.75 Å². The van der Waals surface area contributed by atoms with Gasteiger partial charge in [0.25, 0.3) is 10.9 Å². The van der Waals surface area contributed by atoms with Crippen LogP contribution >= 0.6 is 27.7 Å². The van der Waals surface area contributed by atoms with Gasteiger partial charge in [0.15, 0.2) is 0 Å². The van der Waals surface area contributed by atoms with Crippen LogP contribution in [0, 0.1) is 17.0 Å². The second-order valence-corrected chi connectivity index (χ2v) is 5.37. The molecule has 18 heavy (non-hydrogen) atoms. The van der Waals surface area contributed by atoms with Crippen LogP contribution in [-0.4, -0.2) is 9.91 Å². The Morgan fingerprint density at radius 2 is 2.33 bits per heavy atom. The average molecular weight is 329 g/mol. The number of oxazole rings is 1. The molecule has 0 bridgehead atoms. The molecule has 2 aromatic rings. The zero-order valence-corrected chi connectivity index (χ0v) is 11.8. The monoisotopic (exact) mass is 328 g/mol. The number of hydrogen-bond donors (Lipinski definition) is 0. The predicted octanol–water partition coefficient (Wildman–Crippen LogP) is 3.95. The molecule has 0 aliphatic carbocycles. The van der Waals surface area contributed by atoms with Gasteiger partial charge in [0.1, 0.15) is 6.26 Å². The largest absolute Gasteiger partial charge is 0.440 e. The molecule has 94 valence electrons. The number of hydrogen-bond acceptors (Lipinski definition) is 5. The minimum absolute atomic E-state index is 0.0664. The Labute approximate surface area is 116 Å². The lowest BCUT2D eigenvalue weighted by Gasteiger charge is -2.00. The molecule has 1 aromatic carbocycles. The van der Waals surface area contributed by atoms with E-state index in [1.807, 2.05) is 13.0 Å². The molecule has 0 saturated carbocycles. The van der Waals surface area contributed by atoms with Crippen LogP contribution < -0.4 is 0 Å². The molecule has 0 amide bonds. The average Bonchev–Trinajstić information content (AvgIpc) is 2.74. The molecule has 0 N–H and O–H groups in total. The van der Waals surface area contributed by atoms with Crippen molar-refractivity contribution in [1.82, 2.24) is 4.98 Å². The van der Waals surface area contributed by atoms with E-state index in [1.54, 1.807) is 18.4 Å². The fraction of sp³-hybridized carbons (Fsp3) is 0.182. The second-order valence-electron chi connectivity index (χ2n) is 3.59. The van der Waals surface area contributed by atoms with Crippen LogP contribution in [0.1, 0.15) is 11.3 Å². The van der Waals surface area contributed by atoms with Crippen molar-refractivity contribution in [3.8, 4) is 0 Å². The van der Waals surface area contributed by atoms with Gasteiger partial charge in [-0.25, -0.2) is 4.98 Å². The first kappa shape index (κ1) is 13.1. The van der Waals surface area contributed by atoms with E-state index in [1.165, 1.54) is 11.8 Å². The third-order valence-electron chi connectivity index (χ3n) is 2.17. The molecule has 1 aromatic heterocycles. The Bertz CT molecular complexity index is 585. The molecule has 0 aliphatic rings. The molecule has 0 atom stereocenters. The summed E-state index contributed by atoms with van der Waals surface area (Å²) in [5.41, 5.74) is 1.74. The SMILES string of the molecule is Cc1coc(SCc2ccc(Br)c([N+](=O)[O-])c2)n1. The maximum atomic E-state index is 10.8. The molecular weight excluding hydrogens is 320 g/mol. The topological polar surface area (TPSA) is 69.2 Å². The van der Waals surface area contributed by atoms with E-state index in [-0.39, 0.29) is 5.69 Å². The van der Waals surface area contributed by atoms with Gasteiger partial charge in [-0.2, -0.15) is 0 Å². The summed E-state index contributed by atoms with van der Waals surface area (Å²) in [6, 6.07) is 5.06. The molecule has 2 rings (SSSR count). The fourth-order valence-electron chi connectivity index (χ4n) is 1.33. The summed E-state index contributed by atoms with van der Waals surface area (Å²) in [4.78, 5) is 14.5. The highest BCUT2D eigenvalue weighted by molar-refractivity contribution is 9.10. The van der Waals surface area contributed by atoms with E-state index in [0.29, 0.717) is 15.4 Å². The standard InChI is InChI=1S/C11H9BrN2O3S/c1-7-5-17-11(13-7)18-6-8-2-3-9(12)10(4-8)14(15)16/h2-5H,6H2,1H3. The van der Waals surface area contributed by atoms with Crippen molar-refractivity contribution < 1.29 is 9.34 Å². The minimum Gasteiger partial charge on any atom is -0.440 e. The number of thioether (sulfide) groups is 1. The van der Waals surface area contributed by atoms with Crippen molar-refractivity contribution in [1.29, 1.82) is 0 Å². The van der Waals surface area contributed by atoms with Crippen molar-refractivity contribution in [3.63, 3.8) is 0 Å². The maximum Gasteiger partial charge on any atom is 0.283 e. The van der Waals surface area contributed by atoms with Gasteiger partial charge in [0.2, 0.25) is 0 Å². The molecule has 7 heteroatoms. The fourth-order valence-corrected chi connectivity index (χ4v) is 2.52. The lowest BCUT2D eigenvalue weighted by Crippen LogP contribution is -1.91. The van der Waals surface area contributed by atoms with E-state index in [9.17, 15) is 10.1 Å². The maximum absolute atomic E-state index is 10.8. The van der Waals surface area contributed by atoms with Crippen molar-refractivity contribution in [3.05, 3.63) is 50.3 Å². The lowest BCUT2D eigenvalue weighted by molar-refractivity contribution is -0.385. The summed E-state index contributed by atoms with van der Waals surface area (Å²) in [7, 11) is 0. The van der Waals surface area contributed by atoms with Gasteiger partial charge >= 0.3 is 0 Å². The number of nitrogens with zero attached hydrogens (tertiary/aromatic N) is 2. The van der Waals surface area contributed by atoms with Crippen LogP contribution in [0.25, 0.3) is 0 Å². The lowest BCUT2D eigenvalue weighted by atomic mass is 10.2. The Hall–Kier alpha value is -1.34. The number of aromatic nitrogens is 1. The van der Waals surface area contributed by atoms with Gasteiger partial charge in [0, 0.05) is 11.8 Å². The normalized spacial score (nSPS) is 10.6. The molecule has 0 fully saturated rings. The second kappa shape index (κ2) is 5.53. The quantitative estimate of drug-likeness (QED) is 0.483. The van der Waals surface area contributed by atoms with Crippen LogP contribution in [0.5, 0.6) is 0 Å². The highest BCUT2D eigenvalue weighted by Crippen LogP contribution is 2.29.